The van der Waals surface area contributed by atoms with Crippen LogP contribution < -0.4 is 4.74 Å². The lowest BCUT2D eigenvalue weighted by Gasteiger charge is -2.03. The fraction of sp³-hybridized carbons (Fsp3) is 0.286. The van der Waals surface area contributed by atoms with Crippen LogP contribution in [0.5, 0.6) is 5.75 Å². The number of benzene rings is 1. The first-order valence-corrected chi connectivity index (χ1v) is 5.38. The molecule has 3 nitrogen and oxygen atoms in total. The molecule has 0 radical (unpaired) electrons. The number of Topliss-reactive ketones (excluding diaryl/α,β-unsaturated/α-hetero) is 1. The van der Waals surface area contributed by atoms with Gasteiger partial charge in [-0.25, -0.2) is 0 Å². The summed E-state index contributed by atoms with van der Waals surface area (Å²) in [7, 11) is 1.59. The molecule has 0 amide bonds. The highest BCUT2D eigenvalue weighted by molar-refractivity contribution is 6.04. The zero-order valence-corrected chi connectivity index (χ0v) is 10.2. The zero-order chi connectivity index (χ0) is 12.8. The molecule has 17 heavy (non-hydrogen) atoms. The third-order valence-corrected chi connectivity index (χ3v) is 2.34. The number of nitriles is 1. The van der Waals surface area contributed by atoms with Gasteiger partial charge in [0.1, 0.15) is 11.8 Å². The first kappa shape index (κ1) is 13.0. The highest BCUT2D eigenvalue weighted by Crippen LogP contribution is 2.15. The molecule has 0 saturated heterocycles. The molecule has 88 valence electrons. The van der Waals surface area contributed by atoms with E-state index in [0.29, 0.717) is 0 Å². The number of ether oxygens (including phenoxy) is 1. The molecule has 0 aromatic heterocycles. The van der Waals surface area contributed by atoms with Crippen LogP contribution in [0, 0.1) is 17.2 Å². The van der Waals surface area contributed by atoms with E-state index in [1.54, 1.807) is 39.2 Å². The smallest absolute Gasteiger partial charge is 0.175 e. The van der Waals surface area contributed by atoms with E-state index in [-0.39, 0.29) is 17.3 Å². The van der Waals surface area contributed by atoms with Crippen molar-refractivity contribution < 1.29 is 9.53 Å². The van der Waals surface area contributed by atoms with Crippen molar-refractivity contribution in [3.8, 4) is 11.8 Å². The Balaban J connectivity index is 2.99. The van der Waals surface area contributed by atoms with Gasteiger partial charge in [-0.1, -0.05) is 26.0 Å². The number of ketones is 1. The lowest BCUT2D eigenvalue weighted by molar-refractivity contribution is -0.117. The molecule has 0 aliphatic heterocycles. The van der Waals surface area contributed by atoms with Crippen molar-refractivity contribution >= 4 is 11.9 Å². The third kappa shape index (κ3) is 3.46. The molecule has 0 bridgehead atoms. The minimum absolute atomic E-state index is 0.136. The fourth-order valence-corrected chi connectivity index (χ4v) is 1.34. The number of rotatable bonds is 4. The number of carbonyl (C=O) groups excluding carboxylic acids is 1. The van der Waals surface area contributed by atoms with Crippen LogP contribution in [-0.2, 0) is 4.79 Å². The number of hydrogen-bond donors (Lipinski definition) is 0. The molecular formula is C14H15NO2. The van der Waals surface area contributed by atoms with Gasteiger partial charge in [0.25, 0.3) is 0 Å². The molecule has 0 atom stereocenters. The maximum Gasteiger partial charge on any atom is 0.175 e. The molecule has 1 rings (SSSR count). The molecular weight excluding hydrogens is 214 g/mol. The third-order valence-electron chi connectivity index (χ3n) is 2.34. The van der Waals surface area contributed by atoms with Crippen molar-refractivity contribution in [2.24, 2.45) is 5.92 Å². The van der Waals surface area contributed by atoms with Crippen molar-refractivity contribution in [2.45, 2.75) is 13.8 Å². The van der Waals surface area contributed by atoms with Gasteiger partial charge < -0.3 is 4.74 Å². The molecule has 0 unspecified atom stereocenters. The maximum absolute atomic E-state index is 11.7. The van der Waals surface area contributed by atoms with Crippen LogP contribution in [0.4, 0.5) is 0 Å². The molecule has 0 N–H and O–H groups in total. The number of nitrogens with zero attached hydrogens (tertiary/aromatic N) is 1. The Labute approximate surface area is 101 Å². The van der Waals surface area contributed by atoms with Crippen molar-refractivity contribution in [1.82, 2.24) is 0 Å². The topological polar surface area (TPSA) is 50.1 Å². The Hall–Kier alpha value is -2.08. The molecule has 0 aliphatic carbocycles. The SMILES string of the molecule is COc1ccc(C=C(C#N)C(=O)C(C)C)cc1. The molecule has 0 fully saturated rings. The second kappa shape index (κ2) is 5.86. The van der Waals surface area contributed by atoms with Gasteiger partial charge in [-0.15, -0.1) is 0 Å². The summed E-state index contributed by atoms with van der Waals surface area (Å²) in [5.74, 6) is 0.443. The molecule has 0 heterocycles. The van der Waals surface area contributed by atoms with E-state index in [4.69, 9.17) is 10.00 Å². The average Bonchev–Trinajstić information content (AvgIpc) is 2.35. The van der Waals surface area contributed by atoms with Crippen LogP contribution in [0.1, 0.15) is 19.4 Å². The van der Waals surface area contributed by atoms with E-state index < -0.39 is 0 Å². The second-order valence-electron chi connectivity index (χ2n) is 3.96. The Kier molecular flexibility index (Phi) is 4.47. The first-order chi connectivity index (χ1) is 8.08. The van der Waals surface area contributed by atoms with E-state index in [2.05, 4.69) is 0 Å². The minimum atomic E-state index is -0.167. The quantitative estimate of drug-likeness (QED) is 0.589. The largest absolute Gasteiger partial charge is 0.497 e. The molecule has 1 aromatic carbocycles. The predicted octanol–water partition coefficient (Wildman–Crippen LogP) is 2.83. The van der Waals surface area contributed by atoms with Gasteiger partial charge in [-0.3, -0.25) is 4.79 Å². The summed E-state index contributed by atoms with van der Waals surface area (Å²) in [5.41, 5.74) is 1.00. The van der Waals surface area contributed by atoms with E-state index in [9.17, 15) is 4.79 Å². The molecule has 0 spiro atoms. The Morgan fingerprint density at radius 3 is 2.35 bits per heavy atom. The van der Waals surface area contributed by atoms with Crippen molar-refractivity contribution in [3.63, 3.8) is 0 Å². The molecule has 3 heteroatoms. The lowest BCUT2D eigenvalue weighted by atomic mass is 10.00. The van der Waals surface area contributed by atoms with Gasteiger partial charge in [0.2, 0.25) is 0 Å². The van der Waals surface area contributed by atoms with Gasteiger partial charge in [0.05, 0.1) is 12.7 Å². The number of allylic oxidation sites excluding steroid dienone is 1. The molecule has 1 aromatic rings. The van der Waals surface area contributed by atoms with E-state index >= 15 is 0 Å². The summed E-state index contributed by atoms with van der Waals surface area (Å²) in [4.78, 5) is 11.7. The van der Waals surface area contributed by atoms with Crippen molar-refractivity contribution in [1.29, 1.82) is 5.26 Å². The Morgan fingerprint density at radius 2 is 1.94 bits per heavy atom. The normalized spacial score (nSPS) is 11.1. The second-order valence-corrected chi connectivity index (χ2v) is 3.96. The summed E-state index contributed by atoms with van der Waals surface area (Å²) in [6, 6.07) is 9.14. The van der Waals surface area contributed by atoms with Crippen LogP contribution in [0.2, 0.25) is 0 Å². The van der Waals surface area contributed by atoms with Crippen LogP contribution in [-0.4, -0.2) is 12.9 Å². The molecule has 0 saturated carbocycles. The summed E-state index contributed by atoms with van der Waals surface area (Å²) in [5, 5.41) is 8.94. The maximum atomic E-state index is 11.7. The van der Waals surface area contributed by atoms with Crippen LogP contribution in [0.25, 0.3) is 6.08 Å². The van der Waals surface area contributed by atoms with E-state index in [0.717, 1.165) is 11.3 Å². The zero-order valence-electron chi connectivity index (χ0n) is 10.2. The van der Waals surface area contributed by atoms with Crippen molar-refractivity contribution in [2.75, 3.05) is 7.11 Å². The van der Waals surface area contributed by atoms with Crippen molar-refractivity contribution in [3.05, 3.63) is 35.4 Å². The monoisotopic (exact) mass is 229 g/mol. The fourth-order valence-electron chi connectivity index (χ4n) is 1.34. The van der Waals surface area contributed by atoms with Crippen LogP contribution in [0.15, 0.2) is 29.8 Å². The highest BCUT2D eigenvalue weighted by atomic mass is 16.5. The van der Waals surface area contributed by atoms with E-state index in [1.165, 1.54) is 0 Å². The van der Waals surface area contributed by atoms with Gasteiger partial charge in [-0.05, 0) is 23.8 Å². The van der Waals surface area contributed by atoms with Crippen LogP contribution in [0.3, 0.4) is 0 Å². The van der Waals surface area contributed by atoms with Gasteiger partial charge >= 0.3 is 0 Å². The highest BCUT2D eigenvalue weighted by Gasteiger charge is 2.12. The minimum Gasteiger partial charge on any atom is -0.497 e. The predicted molar refractivity (Wildman–Crippen MR) is 66.4 cm³/mol. The van der Waals surface area contributed by atoms with E-state index in [1.807, 2.05) is 18.2 Å². The molecule has 0 aliphatic rings. The Bertz CT molecular complexity index is 464. The summed E-state index contributed by atoms with van der Waals surface area (Å²) < 4.78 is 5.03. The number of hydrogen-bond acceptors (Lipinski definition) is 3. The number of methoxy groups -OCH3 is 1. The summed E-state index contributed by atoms with van der Waals surface area (Å²) >= 11 is 0. The number of carbonyl (C=O) groups is 1. The first-order valence-electron chi connectivity index (χ1n) is 5.38. The lowest BCUT2D eigenvalue weighted by Crippen LogP contribution is -2.08. The summed E-state index contributed by atoms with van der Waals surface area (Å²) in [6.45, 7) is 3.56. The van der Waals surface area contributed by atoms with Gasteiger partial charge in [0, 0.05) is 5.92 Å². The van der Waals surface area contributed by atoms with Gasteiger partial charge in [-0.2, -0.15) is 5.26 Å². The Morgan fingerprint density at radius 1 is 1.35 bits per heavy atom. The average molecular weight is 229 g/mol. The standard InChI is InChI=1S/C14H15NO2/c1-10(2)14(16)12(9-15)8-11-4-6-13(17-3)7-5-11/h4-8,10H,1-3H3. The van der Waals surface area contributed by atoms with Gasteiger partial charge in [0.15, 0.2) is 5.78 Å². The van der Waals surface area contributed by atoms with Crippen LogP contribution >= 0.6 is 0 Å². The summed E-state index contributed by atoms with van der Waals surface area (Å²) in [6.07, 6.45) is 1.60.